The van der Waals surface area contributed by atoms with Crippen LogP contribution in [-0.4, -0.2) is 16.2 Å². The van der Waals surface area contributed by atoms with Crippen molar-refractivity contribution in [3.63, 3.8) is 0 Å². The van der Waals surface area contributed by atoms with Crippen LogP contribution in [0.1, 0.15) is 70.0 Å². The minimum atomic E-state index is 0.257. The van der Waals surface area contributed by atoms with Crippen LogP contribution in [0.4, 0.5) is 0 Å². The zero-order valence-electron chi connectivity index (χ0n) is 11.6. The summed E-state index contributed by atoms with van der Waals surface area (Å²) < 4.78 is 5.33. The van der Waals surface area contributed by atoms with E-state index in [9.17, 15) is 0 Å². The predicted molar refractivity (Wildman–Crippen MR) is 71.3 cm³/mol. The Morgan fingerprint density at radius 1 is 1.44 bits per heavy atom. The van der Waals surface area contributed by atoms with Crippen LogP contribution >= 0.6 is 0 Å². The third-order valence-corrected chi connectivity index (χ3v) is 4.02. The first kappa shape index (κ1) is 13.5. The van der Waals surface area contributed by atoms with Crippen molar-refractivity contribution in [2.24, 2.45) is 11.7 Å². The second kappa shape index (κ2) is 6.32. The summed E-state index contributed by atoms with van der Waals surface area (Å²) in [7, 11) is 0. The third-order valence-electron chi connectivity index (χ3n) is 4.02. The van der Waals surface area contributed by atoms with Gasteiger partial charge in [-0.2, -0.15) is 4.98 Å². The molecule has 1 fully saturated rings. The molecule has 2 N–H and O–H groups in total. The highest BCUT2D eigenvalue weighted by molar-refractivity contribution is 4.99. The van der Waals surface area contributed by atoms with E-state index in [-0.39, 0.29) is 6.04 Å². The topological polar surface area (TPSA) is 64.9 Å². The molecule has 1 aliphatic rings. The molecule has 0 bridgehead atoms. The van der Waals surface area contributed by atoms with E-state index in [0.717, 1.165) is 36.9 Å². The number of nitrogens with zero attached hydrogens (tertiary/aromatic N) is 2. The Morgan fingerprint density at radius 3 is 2.94 bits per heavy atom. The molecule has 1 saturated carbocycles. The fourth-order valence-electron chi connectivity index (χ4n) is 2.79. The molecule has 1 aromatic rings. The molecule has 3 unspecified atom stereocenters. The van der Waals surface area contributed by atoms with Crippen LogP contribution in [0.5, 0.6) is 0 Å². The van der Waals surface area contributed by atoms with Crippen molar-refractivity contribution in [3.05, 3.63) is 11.7 Å². The fraction of sp³-hybridized carbons (Fsp3) is 0.857. The number of aromatic nitrogens is 2. The van der Waals surface area contributed by atoms with Gasteiger partial charge in [0, 0.05) is 18.4 Å². The molecular formula is C14H25N3O. The van der Waals surface area contributed by atoms with E-state index in [1.165, 1.54) is 25.7 Å². The van der Waals surface area contributed by atoms with Gasteiger partial charge in [-0.15, -0.1) is 0 Å². The van der Waals surface area contributed by atoms with Crippen LogP contribution in [0, 0.1) is 5.92 Å². The van der Waals surface area contributed by atoms with Gasteiger partial charge in [0.2, 0.25) is 5.89 Å². The number of hydrogen-bond acceptors (Lipinski definition) is 4. The van der Waals surface area contributed by atoms with E-state index in [1.807, 2.05) is 6.92 Å². The minimum absolute atomic E-state index is 0.257. The summed E-state index contributed by atoms with van der Waals surface area (Å²) in [5.41, 5.74) is 5.73. The largest absolute Gasteiger partial charge is 0.339 e. The van der Waals surface area contributed by atoms with Crippen molar-refractivity contribution in [2.45, 2.75) is 70.8 Å². The number of nitrogens with two attached hydrogens (primary N) is 1. The molecule has 102 valence electrons. The molecule has 0 spiro atoms. The highest BCUT2D eigenvalue weighted by atomic mass is 16.5. The summed E-state index contributed by atoms with van der Waals surface area (Å²) in [6.45, 7) is 4.30. The summed E-state index contributed by atoms with van der Waals surface area (Å²) in [5.74, 6) is 3.10. The van der Waals surface area contributed by atoms with Crippen LogP contribution in [0.2, 0.25) is 0 Å². The molecule has 1 heterocycles. The van der Waals surface area contributed by atoms with Gasteiger partial charge in [0.25, 0.3) is 0 Å². The second-order valence-electron chi connectivity index (χ2n) is 5.70. The quantitative estimate of drug-likeness (QED) is 0.844. The molecule has 4 heteroatoms. The first-order valence-electron chi connectivity index (χ1n) is 7.27. The first-order valence-corrected chi connectivity index (χ1v) is 7.27. The lowest BCUT2D eigenvalue weighted by molar-refractivity contribution is 0.364. The van der Waals surface area contributed by atoms with Gasteiger partial charge in [-0.3, -0.25) is 0 Å². The summed E-state index contributed by atoms with van der Waals surface area (Å²) in [6, 6.07) is 0.257. The highest BCUT2D eigenvalue weighted by Gasteiger charge is 2.28. The van der Waals surface area contributed by atoms with Gasteiger partial charge in [-0.25, -0.2) is 0 Å². The SMILES string of the molecule is CCC1CCC(c2noc(CCCC(C)N)n2)C1. The predicted octanol–water partition coefficient (Wildman–Crippen LogP) is 3.03. The Balaban J connectivity index is 1.83. The molecule has 4 nitrogen and oxygen atoms in total. The van der Waals surface area contributed by atoms with E-state index in [1.54, 1.807) is 0 Å². The molecule has 0 radical (unpaired) electrons. The van der Waals surface area contributed by atoms with Gasteiger partial charge in [-0.05, 0) is 44.9 Å². The van der Waals surface area contributed by atoms with E-state index in [2.05, 4.69) is 17.1 Å². The van der Waals surface area contributed by atoms with Gasteiger partial charge in [0.1, 0.15) is 0 Å². The second-order valence-corrected chi connectivity index (χ2v) is 5.70. The monoisotopic (exact) mass is 251 g/mol. The zero-order chi connectivity index (χ0) is 13.0. The zero-order valence-corrected chi connectivity index (χ0v) is 11.6. The molecule has 18 heavy (non-hydrogen) atoms. The van der Waals surface area contributed by atoms with Crippen molar-refractivity contribution in [3.8, 4) is 0 Å². The summed E-state index contributed by atoms with van der Waals surface area (Å²) >= 11 is 0. The van der Waals surface area contributed by atoms with Gasteiger partial charge in [0.15, 0.2) is 5.82 Å². The molecule has 0 amide bonds. The van der Waals surface area contributed by atoms with Crippen molar-refractivity contribution in [1.82, 2.24) is 10.1 Å². The molecule has 1 aliphatic carbocycles. The maximum Gasteiger partial charge on any atom is 0.226 e. The molecule has 1 aromatic heterocycles. The molecule has 0 aromatic carbocycles. The van der Waals surface area contributed by atoms with E-state index in [0.29, 0.717) is 5.92 Å². The van der Waals surface area contributed by atoms with Gasteiger partial charge in [-0.1, -0.05) is 18.5 Å². The Kier molecular flexibility index (Phi) is 4.75. The Hall–Kier alpha value is -0.900. The summed E-state index contributed by atoms with van der Waals surface area (Å²) in [4.78, 5) is 4.54. The van der Waals surface area contributed by atoms with Gasteiger partial charge < -0.3 is 10.3 Å². The van der Waals surface area contributed by atoms with Gasteiger partial charge >= 0.3 is 0 Å². The number of rotatable bonds is 6. The maximum atomic E-state index is 5.73. The fourth-order valence-corrected chi connectivity index (χ4v) is 2.79. The van der Waals surface area contributed by atoms with Gasteiger partial charge in [0.05, 0.1) is 0 Å². The van der Waals surface area contributed by atoms with Crippen molar-refractivity contribution in [2.75, 3.05) is 0 Å². The third kappa shape index (κ3) is 3.55. The molecule has 0 aliphatic heterocycles. The smallest absolute Gasteiger partial charge is 0.226 e. The Morgan fingerprint density at radius 2 is 2.28 bits per heavy atom. The highest BCUT2D eigenvalue weighted by Crippen LogP contribution is 2.38. The van der Waals surface area contributed by atoms with E-state index < -0.39 is 0 Å². The van der Waals surface area contributed by atoms with Crippen LogP contribution in [0.25, 0.3) is 0 Å². The number of aryl methyl sites for hydroxylation is 1. The average Bonchev–Trinajstić information content (AvgIpc) is 2.95. The normalized spacial score (nSPS) is 25.5. The van der Waals surface area contributed by atoms with Crippen molar-refractivity contribution >= 4 is 0 Å². The van der Waals surface area contributed by atoms with Crippen molar-refractivity contribution in [1.29, 1.82) is 0 Å². The standard InChI is InChI=1S/C14H25N3O/c1-3-11-7-8-12(9-11)14-16-13(18-17-14)6-4-5-10(2)15/h10-12H,3-9,15H2,1-2H3. The van der Waals surface area contributed by atoms with E-state index >= 15 is 0 Å². The van der Waals surface area contributed by atoms with Crippen LogP contribution in [-0.2, 0) is 6.42 Å². The molecule has 0 saturated heterocycles. The molecule has 2 rings (SSSR count). The van der Waals surface area contributed by atoms with Crippen LogP contribution < -0.4 is 5.73 Å². The van der Waals surface area contributed by atoms with Crippen LogP contribution in [0.3, 0.4) is 0 Å². The Labute approximate surface area is 109 Å². The lowest BCUT2D eigenvalue weighted by Crippen LogP contribution is -2.14. The molecule has 3 atom stereocenters. The average molecular weight is 251 g/mol. The lowest BCUT2D eigenvalue weighted by atomic mass is 10.0. The minimum Gasteiger partial charge on any atom is -0.339 e. The first-order chi connectivity index (χ1) is 8.69. The number of hydrogen-bond donors (Lipinski definition) is 1. The summed E-state index contributed by atoms with van der Waals surface area (Å²) in [5, 5.41) is 4.15. The maximum absolute atomic E-state index is 5.73. The lowest BCUT2D eigenvalue weighted by Gasteiger charge is -2.04. The summed E-state index contributed by atoms with van der Waals surface area (Å²) in [6.07, 6.45) is 7.94. The van der Waals surface area contributed by atoms with Crippen LogP contribution in [0.15, 0.2) is 4.52 Å². The Bertz CT molecular complexity index is 362. The molecular weight excluding hydrogens is 226 g/mol. The van der Waals surface area contributed by atoms with E-state index in [4.69, 9.17) is 10.3 Å². The van der Waals surface area contributed by atoms with Crippen molar-refractivity contribution < 1.29 is 4.52 Å².